The highest BCUT2D eigenvalue weighted by Crippen LogP contribution is 2.65. The lowest BCUT2D eigenvalue weighted by atomic mass is 9.43. The molecule has 4 aliphatic carbocycles. The summed E-state index contributed by atoms with van der Waals surface area (Å²) in [6.45, 7) is 11.2. The van der Waals surface area contributed by atoms with Crippen LogP contribution in [-0.2, 0) is 18.9 Å². The normalized spacial score (nSPS) is 30.6. The number of hydrogen-bond acceptors (Lipinski definition) is 7. The number of nitro groups is 1. The molecule has 5 fully saturated rings. The van der Waals surface area contributed by atoms with Crippen molar-refractivity contribution in [1.82, 2.24) is 16.1 Å². The van der Waals surface area contributed by atoms with E-state index in [1.54, 1.807) is 0 Å². The van der Waals surface area contributed by atoms with Gasteiger partial charge in [-0.15, -0.1) is 0 Å². The number of nitrogens with zero attached hydrogens (tertiary/aromatic N) is 2. The zero-order valence-electron chi connectivity index (χ0n) is 25.3. The Morgan fingerprint density at radius 3 is 2.49 bits per heavy atom. The fourth-order valence-corrected chi connectivity index (χ4v) is 7.65. The van der Waals surface area contributed by atoms with E-state index in [9.17, 15) is 19.7 Å². The largest absolute Gasteiger partial charge is 0.481 e. The highest BCUT2D eigenvalue weighted by atomic mass is 16.7. The maximum atomic E-state index is 13.8. The summed E-state index contributed by atoms with van der Waals surface area (Å²) in [7, 11) is -0.557. The predicted octanol–water partition coefficient (Wildman–Crippen LogP) is 2.73. The number of carbonyl (C=O) groups is 2. The summed E-state index contributed by atoms with van der Waals surface area (Å²) in [4.78, 5) is 41.4. The van der Waals surface area contributed by atoms with Crippen LogP contribution in [0.25, 0.3) is 0 Å². The Hall–Kier alpha value is -2.41. The first-order chi connectivity index (χ1) is 19.3. The van der Waals surface area contributed by atoms with Gasteiger partial charge in [-0.25, -0.2) is 15.1 Å². The number of carbonyl (C=O) groups excluding carboxylic acids is 2. The Morgan fingerprint density at radius 1 is 1.15 bits per heavy atom. The van der Waals surface area contributed by atoms with Gasteiger partial charge in [0, 0.05) is 12.5 Å². The lowest BCUT2D eigenvalue weighted by Crippen LogP contribution is -2.65. The predicted molar refractivity (Wildman–Crippen MR) is 156 cm³/mol. The van der Waals surface area contributed by atoms with Crippen molar-refractivity contribution in [2.24, 2.45) is 39.8 Å². The van der Waals surface area contributed by atoms with Crippen molar-refractivity contribution in [3.8, 4) is 0 Å². The van der Waals surface area contributed by atoms with E-state index in [4.69, 9.17) is 15.0 Å². The molecule has 12 nitrogen and oxygen atoms in total. The molecule has 2 amide bonds. The van der Waals surface area contributed by atoms with E-state index in [0.29, 0.717) is 31.1 Å². The van der Waals surface area contributed by atoms with Crippen LogP contribution in [0.3, 0.4) is 0 Å². The Labute approximate surface area is 244 Å². The standard InChI is InChI=1S/C28H49BN6O6/c1-17(2)14-23(29-40-22-16-19-15-21(27(19,3)4)28(22,5)41-29)33-25(37)20(12-9-13-31-26(30)34-35(38)39)32-24(36)18-10-7-6-8-11-18/h17-23H,6-16H2,1-5H3,(H,32,36)(H,33,37)(H3,30,31,34)/t19-,20+,21-,22-,23+,28+/m1/s1. The first-order valence-corrected chi connectivity index (χ1v) is 15.5. The van der Waals surface area contributed by atoms with Gasteiger partial charge in [0.05, 0.1) is 17.6 Å². The smallest absolute Gasteiger partial charge is 0.404 e. The number of aliphatic imine (C=N–C) groups is 1. The van der Waals surface area contributed by atoms with E-state index in [1.165, 1.54) is 0 Å². The van der Waals surface area contributed by atoms with Crippen LogP contribution in [0, 0.1) is 39.2 Å². The molecule has 1 heterocycles. The van der Waals surface area contributed by atoms with Crippen molar-refractivity contribution in [2.75, 3.05) is 6.54 Å². The number of nitrogens with two attached hydrogens (primary N) is 1. The highest BCUT2D eigenvalue weighted by molar-refractivity contribution is 6.48. The molecule has 1 aliphatic heterocycles. The van der Waals surface area contributed by atoms with Gasteiger partial charge in [-0.3, -0.25) is 9.59 Å². The van der Waals surface area contributed by atoms with Gasteiger partial charge in [-0.05, 0) is 75.0 Å². The molecule has 0 aromatic heterocycles. The van der Waals surface area contributed by atoms with Crippen molar-refractivity contribution in [3.05, 3.63) is 10.1 Å². The molecule has 0 aromatic rings. The summed E-state index contributed by atoms with van der Waals surface area (Å²) in [6, 6.07) is -0.773. The van der Waals surface area contributed by atoms with Gasteiger partial charge < -0.3 is 25.7 Å². The average Bonchev–Trinajstić information content (AvgIpc) is 3.26. The molecule has 41 heavy (non-hydrogen) atoms. The van der Waals surface area contributed by atoms with E-state index in [0.717, 1.165) is 44.9 Å². The van der Waals surface area contributed by atoms with Crippen LogP contribution in [0.1, 0.15) is 98.8 Å². The Bertz CT molecular complexity index is 1000. The van der Waals surface area contributed by atoms with Gasteiger partial charge in [0.15, 0.2) is 5.03 Å². The third-order valence-corrected chi connectivity index (χ3v) is 10.1. The molecule has 5 aliphatic rings. The van der Waals surface area contributed by atoms with Crippen LogP contribution in [0.15, 0.2) is 4.99 Å². The summed E-state index contributed by atoms with van der Waals surface area (Å²) in [5.41, 5.74) is 7.17. The third kappa shape index (κ3) is 7.15. The van der Waals surface area contributed by atoms with E-state index >= 15 is 0 Å². The summed E-state index contributed by atoms with van der Waals surface area (Å²) < 4.78 is 13.2. The van der Waals surface area contributed by atoms with Gasteiger partial charge in [0.2, 0.25) is 11.8 Å². The van der Waals surface area contributed by atoms with Crippen molar-refractivity contribution in [2.45, 2.75) is 123 Å². The summed E-state index contributed by atoms with van der Waals surface area (Å²) in [5, 5.41) is 16.0. The van der Waals surface area contributed by atoms with Gasteiger partial charge in [-0.2, -0.15) is 0 Å². The quantitative estimate of drug-likeness (QED) is 0.0686. The second-order valence-corrected chi connectivity index (χ2v) is 13.8. The maximum Gasteiger partial charge on any atom is 0.481 e. The third-order valence-electron chi connectivity index (χ3n) is 10.1. The minimum atomic E-state index is -0.775. The molecule has 2 bridgehead atoms. The van der Waals surface area contributed by atoms with E-state index < -0.39 is 18.2 Å². The van der Waals surface area contributed by atoms with Crippen LogP contribution < -0.4 is 21.8 Å². The molecule has 4 saturated carbocycles. The SMILES string of the molecule is CC(C)C[C@H](NC(=O)[C@H](CCCN=C(N)N[N+](=O)[O-])NC(=O)C1CCCCC1)B1O[C@@H]2C[C@H]3C[C@H](C3(C)C)[C@]2(C)O1. The Kier molecular flexibility index (Phi) is 9.88. The maximum absolute atomic E-state index is 13.8. The molecular formula is C28H49BN6O6. The summed E-state index contributed by atoms with van der Waals surface area (Å²) >= 11 is 0. The van der Waals surface area contributed by atoms with Gasteiger partial charge >= 0.3 is 7.12 Å². The zero-order chi connectivity index (χ0) is 29.9. The van der Waals surface area contributed by atoms with Gasteiger partial charge in [0.25, 0.3) is 5.96 Å². The van der Waals surface area contributed by atoms with Gasteiger partial charge in [-0.1, -0.05) is 52.4 Å². The van der Waals surface area contributed by atoms with E-state index in [2.05, 4.69) is 50.2 Å². The van der Waals surface area contributed by atoms with Crippen molar-refractivity contribution in [1.29, 1.82) is 0 Å². The van der Waals surface area contributed by atoms with E-state index in [1.807, 2.05) is 5.43 Å². The van der Waals surface area contributed by atoms with Crippen LogP contribution in [0.2, 0.25) is 0 Å². The minimum Gasteiger partial charge on any atom is -0.404 e. The zero-order valence-corrected chi connectivity index (χ0v) is 25.3. The van der Waals surface area contributed by atoms with E-state index in [-0.39, 0.29) is 59.2 Å². The lowest BCUT2D eigenvalue weighted by Gasteiger charge is -2.64. The molecule has 13 heteroatoms. The highest BCUT2D eigenvalue weighted by Gasteiger charge is 2.68. The molecule has 5 rings (SSSR count). The fraction of sp³-hybridized carbons (Fsp3) is 0.893. The molecular weight excluding hydrogens is 527 g/mol. The number of hydrogen-bond donors (Lipinski definition) is 4. The Balaban J connectivity index is 1.43. The molecule has 1 saturated heterocycles. The van der Waals surface area contributed by atoms with Crippen LogP contribution in [0.5, 0.6) is 0 Å². The second-order valence-electron chi connectivity index (χ2n) is 13.8. The van der Waals surface area contributed by atoms with Crippen molar-refractivity contribution >= 4 is 24.9 Å². The molecule has 6 atom stereocenters. The van der Waals surface area contributed by atoms with Crippen molar-refractivity contribution < 1.29 is 23.9 Å². The Morgan fingerprint density at radius 2 is 1.85 bits per heavy atom. The monoisotopic (exact) mass is 576 g/mol. The molecule has 0 aromatic carbocycles. The molecule has 5 N–H and O–H groups in total. The molecule has 0 spiro atoms. The topological polar surface area (TPSA) is 170 Å². The summed E-state index contributed by atoms with van der Waals surface area (Å²) in [6.07, 6.45) is 8.33. The van der Waals surface area contributed by atoms with Crippen LogP contribution >= 0.6 is 0 Å². The number of nitrogens with one attached hydrogen (secondary N) is 3. The van der Waals surface area contributed by atoms with Crippen LogP contribution in [0.4, 0.5) is 0 Å². The summed E-state index contributed by atoms with van der Waals surface area (Å²) in [5.74, 6) is 0.192. The first kappa shape index (κ1) is 31.5. The van der Waals surface area contributed by atoms with Gasteiger partial charge in [0.1, 0.15) is 6.04 Å². The first-order valence-electron chi connectivity index (χ1n) is 15.5. The number of guanidine groups is 1. The second kappa shape index (κ2) is 12.8. The number of hydrazine groups is 1. The van der Waals surface area contributed by atoms with Crippen LogP contribution in [-0.4, -0.2) is 60.2 Å². The number of rotatable bonds is 12. The molecule has 0 radical (unpaired) electrons. The molecule has 0 unspecified atom stereocenters. The number of amides is 2. The lowest BCUT2D eigenvalue weighted by molar-refractivity contribution is -0.525. The average molecular weight is 577 g/mol. The van der Waals surface area contributed by atoms with Crippen molar-refractivity contribution in [3.63, 3.8) is 0 Å². The molecule has 230 valence electrons. The fourth-order valence-electron chi connectivity index (χ4n) is 7.65. The minimum absolute atomic E-state index is 0.00809.